The molecule has 0 aliphatic carbocycles. The highest BCUT2D eigenvalue weighted by molar-refractivity contribution is 6.05. The molecule has 0 amide bonds. The third-order valence-electron chi connectivity index (χ3n) is 5.04. The average Bonchev–Trinajstić information content (AvgIpc) is 2.66. The molecular formula is C23H23N2O+. The van der Waals surface area contributed by atoms with Crippen LogP contribution in [0.5, 0.6) is 0 Å². The average molecular weight is 343 g/mol. The van der Waals surface area contributed by atoms with Gasteiger partial charge in [-0.1, -0.05) is 60.7 Å². The Balaban J connectivity index is 1.74. The van der Waals surface area contributed by atoms with Gasteiger partial charge in [-0.25, -0.2) is 0 Å². The molecule has 2 N–H and O–H groups in total. The maximum absolute atomic E-state index is 13.1. The predicted octanol–water partition coefficient (Wildman–Crippen LogP) is 3.20. The molecule has 3 aromatic carbocycles. The summed E-state index contributed by atoms with van der Waals surface area (Å²) in [6.45, 7) is 3.61. The van der Waals surface area contributed by atoms with Gasteiger partial charge in [0.1, 0.15) is 13.1 Å². The Bertz CT molecular complexity index is 1130. The third kappa shape index (κ3) is 3.02. The second-order valence-corrected chi connectivity index (χ2v) is 7.06. The second-order valence-electron chi connectivity index (χ2n) is 7.06. The molecule has 130 valence electrons. The lowest BCUT2D eigenvalue weighted by molar-refractivity contribution is -0.907. The van der Waals surface area contributed by atoms with Crippen LogP contribution in [-0.2, 0) is 13.1 Å². The van der Waals surface area contributed by atoms with Crippen LogP contribution in [0.3, 0.4) is 0 Å². The Kier molecular flexibility index (Phi) is 4.31. The number of aromatic amines is 1. The maximum Gasteiger partial charge on any atom is 0.198 e. The molecule has 4 rings (SSSR count). The molecule has 1 heterocycles. The fourth-order valence-corrected chi connectivity index (χ4v) is 3.71. The number of nitrogens with one attached hydrogen (secondary N) is 2. The Morgan fingerprint density at radius 1 is 0.846 bits per heavy atom. The Morgan fingerprint density at radius 2 is 1.58 bits per heavy atom. The van der Waals surface area contributed by atoms with E-state index in [9.17, 15) is 4.79 Å². The van der Waals surface area contributed by atoms with Crippen LogP contribution in [-0.4, -0.2) is 12.0 Å². The summed E-state index contributed by atoms with van der Waals surface area (Å²) in [6, 6.07) is 22.6. The molecule has 0 saturated carbocycles. The number of H-pyrrole nitrogens is 1. The first-order valence-electron chi connectivity index (χ1n) is 9.02. The van der Waals surface area contributed by atoms with Crippen LogP contribution in [0, 0.1) is 6.92 Å². The Hall–Kier alpha value is -2.91. The number of fused-ring (bicyclic) bond motifs is 3. The van der Waals surface area contributed by atoms with E-state index in [1.54, 1.807) is 0 Å². The SMILES string of the molecule is Cc1[nH]c2c(ccc3ccccc32)c(=O)c1C[NH+](C)Cc1ccccc1. The summed E-state index contributed by atoms with van der Waals surface area (Å²) in [6.07, 6.45) is 0. The molecule has 0 spiro atoms. The zero-order chi connectivity index (χ0) is 18.1. The van der Waals surface area contributed by atoms with Gasteiger partial charge < -0.3 is 9.88 Å². The Morgan fingerprint density at radius 3 is 2.38 bits per heavy atom. The lowest BCUT2D eigenvalue weighted by atomic mass is 10.0. The van der Waals surface area contributed by atoms with Crippen molar-refractivity contribution in [3.8, 4) is 0 Å². The number of rotatable bonds is 4. The van der Waals surface area contributed by atoms with Crippen LogP contribution in [0.15, 0.2) is 71.5 Å². The van der Waals surface area contributed by atoms with Gasteiger partial charge in [0.2, 0.25) is 0 Å². The van der Waals surface area contributed by atoms with Crippen molar-refractivity contribution in [2.75, 3.05) is 7.05 Å². The standard InChI is InChI=1S/C23H22N2O/c1-16-21(15-25(2)14-17-8-4-3-5-9-17)23(26)20-13-12-18-10-6-7-11-19(18)22(20)24-16/h3-13H,14-15H2,1-2H3,(H,24,26)/p+1. The first kappa shape index (κ1) is 16.6. The number of aryl methyl sites for hydroxylation is 1. The minimum Gasteiger partial charge on any atom is -0.357 e. The second kappa shape index (κ2) is 6.77. The highest BCUT2D eigenvalue weighted by Gasteiger charge is 2.15. The smallest absolute Gasteiger partial charge is 0.198 e. The molecular weight excluding hydrogens is 320 g/mol. The molecule has 0 bridgehead atoms. The number of hydrogen-bond donors (Lipinski definition) is 2. The van der Waals surface area contributed by atoms with Crippen molar-refractivity contribution in [2.45, 2.75) is 20.0 Å². The molecule has 0 radical (unpaired) electrons. The van der Waals surface area contributed by atoms with Crippen LogP contribution in [0.1, 0.15) is 16.8 Å². The lowest BCUT2D eigenvalue weighted by Gasteiger charge is -2.16. The molecule has 0 fully saturated rings. The number of benzene rings is 3. The fraction of sp³-hybridized carbons (Fsp3) is 0.174. The van der Waals surface area contributed by atoms with E-state index in [0.717, 1.165) is 39.5 Å². The van der Waals surface area contributed by atoms with Crippen LogP contribution in [0.2, 0.25) is 0 Å². The van der Waals surface area contributed by atoms with E-state index in [4.69, 9.17) is 0 Å². The van der Waals surface area contributed by atoms with E-state index in [1.165, 1.54) is 10.5 Å². The third-order valence-corrected chi connectivity index (χ3v) is 5.04. The number of quaternary nitrogens is 1. The van der Waals surface area contributed by atoms with E-state index in [1.807, 2.05) is 37.3 Å². The van der Waals surface area contributed by atoms with Gasteiger partial charge in [0.05, 0.1) is 18.1 Å². The molecule has 0 saturated heterocycles. The van der Waals surface area contributed by atoms with Crippen molar-refractivity contribution in [1.82, 2.24) is 4.98 Å². The predicted molar refractivity (Wildman–Crippen MR) is 108 cm³/mol. The first-order chi connectivity index (χ1) is 12.6. The largest absolute Gasteiger partial charge is 0.357 e. The van der Waals surface area contributed by atoms with Gasteiger partial charge in [-0.15, -0.1) is 0 Å². The highest BCUT2D eigenvalue weighted by atomic mass is 16.1. The first-order valence-corrected chi connectivity index (χ1v) is 9.02. The minimum atomic E-state index is 0.148. The van der Waals surface area contributed by atoms with Crippen LogP contribution in [0.4, 0.5) is 0 Å². The van der Waals surface area contributed by atoms with Gasteiger partial charge in [0, 0.05) is 22.0 Å². The van der Waals surface area contributed by atoms with Crippen molar-refractivity contribution >= 4 is 21.7 Å². The molecule has 1 atom stereocenters. The summed E-state index contributed by atoms with van der Waals surface area (Å²) < 4.78 is 0. The number of aromatic nitrogens is 1. The monoisotopic (exact) mass is 343 g/mol. The summed E-state index contributed by atoms with van der Waals surface area (Å²) in [7, 11) is 2.14. The summed E-state index contributed by atoms with van der Waals surface area (Å²) in [5, 5.41) is 3.02. The van der Waals surface area contributed by atoms with Crippen molar-refractivity contribution in [2.24, 2.45) is 0 Å². The maximum atomic E-state index is 13.1. The molecule has 1 aromatic heterocycles. The van der Waals surface area contributed by atoms with E-state index in [2.05, 4.69) is 48.4 Å². The number of hydrogen-bond acceptors (Lipinski definition) is 1. The van der Waals surface area contributed by atoms with Gasteiger partial charge in [-0.2, -0.15) is 0 Å². The normalized spacial score (nSPS) is 12.5. The van der Waals surface area contributed by atoms with Crippen molar-refractivity contribution in [3.63, 3.8) is 0 Å². The zero-order valence-corrected chi connectivity index (χ0v) is 15.2. The molecule has 0 aliphatic rings. The molecule has 4 aromatic rings. The number of pyridine rings is 1. The summed E-state index contributed by atoms with van der Waals surface area (Å²) in [4.78, 5) is 17.9. The van der Waals surface area contributed by atoms with E-state index in [-0.39, 0.29) is 5.43 Å². The summed E-state index contributed by atoms with van der Waals surface area (Å²) in [5.74, 6) is 0. The topological polar surface area (TPSA) is 37.3 Å². The van der Waals surface area contributed by atoms with Gasteiger partial charge in [-0.05, 0) is 18.4 Å². The van der Waals surface area contributed by atoms with Gasteiger partial charge in [-0.3, -0.25) is 4.79 Å². The van der Waals surface area contributed by atoms with Crippen LogP contribution in [0.25, 0.3) is 21.7 Å². The van der Waals surface area contributed by atoms with Gasteiger partial charge in [0.25, 0.3) is 0 Å². The Labute approximate surface area is 152 Å². The molecule has 3 heteroatoms. The molecule has 1 unspecified atom stereocenters. The van der Waals surface area contributed by atoms with Gasteiger partial charge >= 0.3 is 0 Å². The molecule has 0 aliphatic heterocycles. The summed E-state index contributed by atoms with van der Waals surface area (Å²) >= 11 is 0. The lowest BCUT2D eigenvalue weighted by Crippen LogP contribution is -3.06. The van der Waals surface area contributed by atoms with E-state index in [0.29, 0.717) is 6.54 Å². The highest BCUT2D eigenvalue weighted by Crippen LogP contribution is 2.22. The quantitative estimate of drug-likeness (QED) is 0.549. The van der Waals surface area contributed by atoms with E-state index < -0.39 is 0 Å². The van der Waals surface area contributed by atoms with E-state index >= 15 is 0 Å². The van der Waals surface area contributed by atoms with Gasteiger partial charge in [0.15, 0.2) is 5.43 Å². The minimum absolute atomic E-state index is 0.148. The fourth-order valence-electron chi connectivity index (χ4n) is 3.71. The molecule has 3 nitrogen and oxygen atoms in total. The van der Waals surface area contributed by atoms with Crippen LogP contribution < -0.4 is 10.3 Å². The van der Waals surface area contributed by atoms with Crippen molar-refractivity contribution in [1.29, 1.82) is 0 Å². The zero-order valence-electron chi connectivity index (χ0n) is 15.2. The van der Waals surface area contributed by atoms with Crippen LogP contribution >= 0.6 is 0 Å². The summed E-state index contributed by atoms with van der Waals surface area (Å²) in [5.41, 5.74) is 4.21. The van der Waals surface area contributed by atoms with Crippen molar-refractivity contribution in [3.05, 3.63) is 93.8 Å². The van der Waals surface area contributed by atoms with Crippen molar-refractivity contribution < 1.29 is 4.90 Å². The molecule has 26 heavy (non-hydrogen) atoms.